The largest absolute Gasteiger partial charge is 0.457 e. The number of benzene rings is 2. The quantitative estimate of drug-likeness (QED) is 0.204. The van der Waals surface area contributed by atoms with Crippen LogP contribution < -0.4 is 0 Å². The molecule has 11 heteroatoms. The lowest BCUT2D eigenvalue weighted by molar-refractivity contribution is -0.392. The van der Waals surface area contributed by atoms with E-state index in [1.165, 1.54) is 10.8 Å². The van der Waals surface area contributed by atoms with Gasteiger partial charge in [-0.3, -0.25) is 0 Å². The Labute approximate surface area is 198 Å². The molecule has 0 bridgehead atoms. The van der Waals surface area contributed by atoms with E-state index in [0.29, 0.717) is 27.3 Å². The molecule has 168 valence electrons. The second-order valence-electron chi connectivity index (χ2n) is 7.02. The van der Waals surface area contributed by atoms with Gasteiger partial charge in [-0.1, -0.05) is 35.3 Å². The molecule has 0 fully saturated rings. The van der Waals surface area contributed by atoms with Gasteiger partial charge in [0.05, 0.1) is 11.4 Å². The Morgan fingerprint density at radius 3 is 2.36 bits per heavy atom. The Morgan fingerprint density at radius 2 is 1.73 bits per heavy atom. The van der Waals surface area contributed by atoms with Crippen LogP contribution in [0.1, 0.15) is 16.3 Å². The van der Waals surface area contributed by atoms with Gasteiger partial charge in [-0.2, -0.15) is 5.10 Å². The second-order valence-corrected chi connectivity index (χ2v) is 7.89. The second kappa shape index (κ2) is 9.43. The van der Waals surface area contributed by atoms with Crippen LogP contribution >= 0.6 is 23.2 Å². The highest BCUT2D eigenvalue weighted by Crippen LogP contribution is 2.26. The summed E-state index contributed by atoms with van der Waals surface area (Å²) in [6, 6.07) is 15.8. The first-order valence-electron chi connectivity index (χ1n) is 9.79. The van der Waals surface area contributed by atoms with Crippen LogP contribution in [0.3, 0.4) is 0 Å². The number of ether oxygens (including phenoxy) is 1. The van der Waals surface area contributed by atoms with Crippen molar-refractivity contribution in [2.24, 2.45) is 0 Å². The van der Waals surface area contributed by atoms with Gasteiger partial charge < -0.3 is 14.9 Å². The third-order valence-electron chi connectivity index (χ3n) is 4.90. The van der Waals surface area contributed by atoms with Crippen molar-refractivity contribution in [2.75, 3.05) is 6.61 Å². The molecule has 0 unspecified atom stereocenters. The molecule has 4 rings (SSSR count). The number of esters is 1. The van der Waals surface area contributed by atoms with Crippen LogP contribution in [0.15, 0.2) is 60.8 Å². The molecule has 0 aliphatic carbocycles. The van der Waals surface area contributed by atoms with E-state index in [-0.39, 0.29) is 24.7 Å². The fourth-order valence-electron chi connectivity index (χ4n) is 3.27. The van der Waals surface area contributed by atoms with Crippen molar-refractivity contribution in [2.45, 2.75) is 13.5 Å². The molecule has 2 heterocycles. The number of rotatable bonds is 7. The molecule has 0 radical (unpaired) electrons. The number of nitro groups is 1. The van der Waals surface area contributed by atoms with Crippen molar-refractivity contribution in [3.63, 3.8) is 0 Å². The molecule has 9 nitrogen and oxygen atoms in total. The monoisotopic (exact) mass is 485 g/mol. The van der Waals surface area contributed by atoms with Crippen LogP contribution in [0.25, 0.3) is 16.9 Å². The minimum atomic E-state index is -0.654. The van der Waals surface area contributed by atoms with Crippen molar-refractivity contribution in [3.8, 4) is 16.9 Å². The molecule has 0 amide bonds. The Kier molecular flexibility index (Phi) is 6.43. The van der Waals surface area contributed by atoms with Gasteiger partial charge in [-0.25, -0.2) is 19.0 Å². The Bertz CT molecular complexity index is 1250. The molecule has 0 saturated carbocycles. The predicted molar refractivity (Wildman–Crippen MR) is 123 cm³/mol. The lowest BCUT2D eigenvalue weighted by Gasteiger charge is -2.08. The zero-order valence-electron chi connectivity index (χ0n) is 17.3. The summed E-state index contributed by atoms with van der Waals surface area (Å²) in [5, 5.41) is 16.7. The number of carbonyl (C=O) groups excluding carboxylic acids is 1. The molecule has 0 atom stereocenters. The molecule has 0 aliphatic rings. The zero-order chi connectivity index (χ0) is 23.5. The maximum absolute atomic E-state index is 12.7. The van der Waals surface area contributed by atoms with Crippen LogP contribution in [0, 0.1) is 17.0 Å². The van der Waals surface area contributed by atoms with Crippen molar-refractivity contribution in [3.05, 3.63) is 92.5 Å². The van der Waals surface area contributed by atoms with Gasteiger partial charge in [0.25, 0.3) is 0 Å². The van der Waals surface area contributed by atoms with E-state index >= 15 is 0 Å². The topological polar surface area (TPSA) is 105 Å². The number of carbonyl (C=O) groups is 1. The summed E-state index contributed by atoms with van der Waals surface area (Å²) >= 11 is 12.0. The van der Waals surface area contributed by atoms with Crippen molar-refractivity contribution in [1.82, 2.24) is 19.3 Å². The Hall–Kier alpha value is -3.69. The van der Waals surface area contributed by atoms with Crippen molar-refractivity contribution in [1.29, 1.82) is 0 Å². The fourth-order valence-corrected chi connectivity index (χ4v) is 3.52. The SMILES string of the molecule is Cc1ncc([N+](=O)[O-])n1CCOC(=O)c1cc(-c2ccc(Cl)cc2)n(-c2ccc(Cl)cc2)n1. The summed E-state index contributed by atoms with van der Waals surface area (Å²) in [5.74, 6) is -0.367. The third kappa shape index (κ3) is 4.89. The average molecular weight is 486 g/mol. The van der Waals surface area contributed by atoms with Crippen molar-refractivity contribution >= 4 is 35.0 Å². The minimum Gasteiger partial charge on any atom is -0.457 e. The molecular formula is C22H17Cl2N5O4. The van der Waals surface area contributed by atoms with Gasteiger partial charge in [0.1, 0.15) is 19.3 Å². The molecular weight excluding hydrogens is 469 g/mol. The van der Waals surface area contributed by atoms with Gasteiger partial charge in [-0.05, 0) is 47.4 Å². The normalized spacial score (nSPS) is 10.9. The number of halogens is 2. The number of hydrogen-bond donors (Lipinski definition) is 0. The molecule has 0 saturated heterocycles. The highest BCUT2D eigenvalue weighted by Gasteiger charge is 2.20. The lowest BCUT2D eigenvalue weighted by atomic mass is 10.1. The first kappa shape index (κ1) is 22.5. The van der Waals surface area contributed by atoms with E-state index < -0.39 is 10.9 Å². The van der Waals surface area contributed by atoms with Gasteiger partial charge in [-0.15, -0.1) is 0 Å². The number of aryl methyl sites for hydroxylation is 1. The minimum absolute atomic E-state index is 0.0824. The summed E-state index contributed by atoms with van der Waals surface area (Å²) in [5.41, 5.74) is 2.24. The number of hydrogen-bond acceptors (Lipinski definition) is 6. The maximum atomic E-state index is 12.7. The molecule has 4 aromatic rings. The smallest absolute Gasteiger partial charge is 0.359 e. The number of nitrogens with zero attached hydrogens (tertiary/aromatic N) is 5. The highest BCUT2D eigenvalue weighted by molar-refractivity contribution is 6.30. The highest BCUT2D eigenvalue weighted by atomic mass is 35.5. The Balaban J connectivity index is 1.58. The van der Waals surface area contributed by atoms with E-state index in [4.69, 9.17) is 27.9 Å². The first-order chi connectivity index (χ1) is 15.8. The standard InChI is InChI=1S/C22H17Cl2N5O4/c1-14-25-13-21(29(31)32)27(14)10-11-33-22(30)19-12-20(15-2-4-16(23)5-3-15)28(26-19)18-8-6-17(24)7-9-18/h2-9,12-13H,10-11H2,1H3. The van der Waals surface area contributed by atoms with Gasteiger partial charge in [0, 0.05) is 22.5 Å². The van der Waals surface area contributed by atoms with Crippen LogP contribution in [0.2, 0.25) is 10.0 Å². The summed E-state index contributed by atoms with van der Waals surface area (Å²) in [7, 11) is 0. The van der Waals surface area contributed by atoms with Crippen LogP contribution in [-0.2, 0) is 11.3 Å². The van der Waals surface area contributed by atoms with E-state index in [0.717, 1.165) is 5.56 Å². The number of aromatic nitrogens is 4. The number of imidazole rings is 1. The van der Waals surface area contributed by atoms with E-state index in [1.807, 2.05) is 12.1 Å². The first-order valence-corrected chi connectivity index (χ1v) is 10.5. The van der Waals surface area contributed by atoms with Crippen LogP contribution in [0.5, 0.6) is 0 Å². The third-order valence-corrected chi connectivity index (χ3v) is 5.40. The molecule has 2 aromatic carbocycles. The fraction of sp³-hybridized carbons (Fsp3) is 0.136. The molecule has 0 N–H and O–H groups in total. The summed E-state index contributed by atoms with van der Waals surface area (Å²) in [6.45, 7) is 1.65. The van der Waals surface area contributed by atoms with Crippen LogP contribution in [0.4, 0.5) is 5.82 Å². The van der Waals surface area contributed by atoms with Crippen molar-refractivity contribution < 1.29 is 14.5 Å². The molecule has 33 heavy (non-hydrogen) atoms. The maximum Gasteiger partial charge on any atom is 0.359 e. The zero-order valence-corrected chi connectivity index (χ0v) is 18.8. The van der Waals surface area contributed by atoms with Gasteiger partial charge in [0.15, 0.2) is 11.5 Å². The summed E-state index contributed by atoms with van der Waals surface area (Å²) < 4.78 is 8.33. The predicted octanol–water partition coefficient (Wildman–Crippen LogP) is 5.12. The molecule has 0 spiro atoms. The summed E-state index contributed by atoms with van der Waals surface area (Å²) in [6.07, 6.45) is 1.17. The average Bonchev–Trinajstić information content (AvgIpc) is 3.39. The summed E-state index contributed by atoms with van der Waals surface area (Å²) in [4.78, 5) is 27.2. The van der Waals surface area contributed by atoms with E-state index in [2.05, 4.69) is 10.1 Å². The van der Waals surface area contributed by atoms with Gasteiger partial charge in [0.2, 0.25) is 0 Å². The van der Waals surface area contributed by atoms with Gasteiger partial charge >= 0.3 is 11.8 Å². The Morgan fingerprint density at radius 1 is 1.09 bits per heavy atom. The molecule has 2 aromatic heterocycles. The van der Waals surface area contributed by atoms with Crippen LogP contribution in [-0.4, -0.2) is 36.8 Å². The lowest BCUT2D eigenvalue weighted by Crippen LogP contribution is -2.14. The molecule has 0 aliphatic heterocycles. The van der Waals surface area contributed by atoms with E-state index in [9.17, 15) is 14.9 Å². The van der Waals surface area contributed by atoms with E-state index in [1.54, 1.807) is 54.1 Å².